The van der Waals surface area contributed by atoms with Crippen molar-refractivity contribution in [2.45, 2.75) is 26.7 Å². The number of nitrogens with zero attached hydrogens (tertiary/aromatic N) is 1. The van der Waals surface area contributed by atoms with Crippen molar-refractivity contribution in [1.82, 2.24) is 10.3 Å². The molecule has 0 radical (unpaired) electrons. The predicted octanol–water partition coefficient (Wildman–Crippen LogP) is 2.12. The van der Waals surface area contributed by atoms with Gasteiger partial charge in [0.25, 0.3) is 0 Å². The van der Waals surface area contributed by atoms with Crippen molar-refractivity contribution in [1.29, 1.82) is 0 Å². The maximum atomic E-state index is 4.43. The molecular formula is C10H19N3S. The molecule has 14 heavy (non-hydrogen) atoms. The van der Waals surface area contributed by atoms with Crippen LogP contribution in [-0.2, 0) is 6.42 Å². The summed E-state index contributed by atoms with van der Waals surface area (Å²) in [5.74, 6) is 0. The van der Waals surface area contributed by atoms with E-state index in [0.717, 1.165) is 31.2 Å². The Hall–Kier alpha value is -0.610. The van der Waals surface area contributed by atoms with Crippen LogP contribution in [0.15, 0.2) is 5.38 Å². The second-order valence-electron chi connectivity index (χ2n) is 3.17. The normalized spacial score (nSPS) is 10.4. The van der Waals surface area contributed by atoms with Crippen LogP contribution in [0.3, 0.4) is 0 Å². The predicted molar refractivity (Wildman–Crippen MR) is 63.1 cm³/mol. The summed E-state index contributed by atoms with van der Waals surface area (Å²) >= 11 is 1.69. The van der Waals surface area contributed by atoms with Gasteiger partial charge in [-0.25, -0.2) is 4.98 Å². The maximum absolute atomic E-state index is 4.43. The van der Waals surface area contributed by atoms with E-state index in [1.165, 1.54) is 12.1 Å². The number of nitrogens with one attached hydrogen (secondary N) is 2. The Morgan fingerprint density at radius 1 is 1.29 bits per heavy atom. The van der Waals surface area contributed by atoms with Crippen LogP contribution in [0.25, 0.3) is 0 Å². The van der Waals surface area contributed by atoms with E-state index in [-0.39, 0.29) is 0 Å². The van der Waals surface area contributed by atoms with Crippen LogP contribution in [0, 0.1) is 0 Å². The average Bonchev–Trinajstić information content (AvgIpc) is 2.65. The first kappa shape index (κ1) is 11.5. The number of rotatable bonds is 7. The number of hydrogen-bond acceptors (Lipinski definition) is 4. The molecule has 80 valence electrons. The molecule has 0 saturated carbocycles. The van der Waals surface area contributed by atoms with Gasteiger partial charge in [0, 0.05) is 18.5 Å². The number of anilines is 1. The third-order valence-corrected chi connectivity index (χ3v) is 2.77. The first-order valence-electron chi connectivity index (χ1n) is 5.25. The Kier molecular flexibility index (Phi) is 5.56. The molecule has 0 aliphatic rings. The number of aromatic nitrogens is 1. The van der Waals surface area contributed by atoms with Gasteiger partial charge in [-0.15, -0.1) is 11.3 Å². The lowest BCUT2D eigenvalue weighted by Crippen LogP contribution is -2.22. The van der Waals surface area contributed by atoms with Gasteiger partial charge in [0.15, 0.2) is 5.13 Å². The SMILES string of the molecule is CCCNCCNc1nc(CC)cs1. The molecule has 0 atom stereocenters. The minimum Gasteiger partial charge on any atom is -0.360 e. The highest BCUT2D eigenvalue weighted by atomic mass is 32.1. The van der Waals surface area contributed by atoms with Crippen LogP contribution in [0.1, 0.15) is 26.0 Å². The largest absolute Gasteiger partial charge is 0.360 e. The fraction of sp³-hybridized carbons (Fsp3) is 0.700. The first-order chi connectivity index (χ1) is 6.86. The minimum atomic E-state index is 0.955. The van der Waals surface area contributed by atoms with Gasteiger partial charge in [0.2, 0.25) is 0 Å². The third-order valence-electron chi connectivity index (χ3n) is 1.92. The highest BCUT2D eigenvalue weighted by Crippen LogP contribution is 2.14. The molecule has 0 aliphatic heterocycles. The fourth-order valence-corrected chi connectivity index (χ4v) is 1.93. The van der Waals surface area contributed by atoms with Gasteiger partial charge >= 0.3 is 0 Å². The van der Waals surface area contributed by atoms with Crippen molar-refractivity contribution in [2.75, 3.05) is 25.0 Å². The van der Waals surface area contributed by atoms with Crippen molar-refractivity contribution < 1.29 is 0 Å². The first-order valence-corrected chi connectivity index (χ1v) is 6.13. The van der Waals surface area contributed by atoms with Gasteiger partial charge in [-0.3, -0.25) is 0 Å². The van der Waals surface area contributed by atoms with Gasteiger partial charge in [0.05, 0.1) is 5.69 Å². The highest BCUT2D eigenvalue weighted by molar-refractivity contribution is 7.13. The third kappa shape index (κ3) is 4.07. The van der Waals surface area contributed by atoms with Gasteiger partial charge < -0.3 is 10.6 Å². The molecule has 1 aromatic heterocycles. The van der Waals surface area contributed by atoms with E-state index in [1.807, 2.05) is 0 Å². The van der Waals surface area contributed by atoms with E-state index < -0.39 is 0 Å². The Morgan fingerprint density at radius 2 is 2.14 bits per heavy atom. The Bertz CT molecular complexity index is 247. The summed E-state index contributed by atoms with van der Waals surface area (Å²) in [5.41, 5.74) is 1.18. The van der Waals surface area contributed by atoms with E-state index in [9.17, 15) is 0 Å². The number of aryl methyl sites for hydroxylation is 1. The van der Waals surface area contributed by atoms with Crippen molar-refractivity contribution in [3.8, 4) is 0 Å². The van der Waals surface area contributed by atoms with E-state index in [4.69, 9.17) is 0 Å². The van der Waals surface area contributed by atoms with Crippen molar-refractivity contribution in [3.63, 3.8) is 0 Å². The van der Waals surface area contributed by atoms with Gasteiger partial charge in [-0.05, 0) is 19.4 Å². The minimum absolute atomic E-state index is 0.955. The molecule has 0 amide bonds. The molecule has 0 aliphatic carbocycles. The molecule has 0 unspecified atom stereocenters. The summed E-state index contributed by atoms with van der Waals surface area (Å²) in [6.07, 6.45) is 2.21. The molecule has 1 heterocycles. The van der Waals surface area contributed by atoms with E-state index in [0.29, 0.717) is 0 Å². The maximum Gasteiger partial charge on any atom is 0.182 e. The molecule has 1 aromatic rings. The monoisotopic (exact) mass is 213 g/mol. The molecule has 0 saturated heterocycles. The number of thiazole rings is 1. The van der Waals surface area contributed by atoms with Crippen LogP contribution >= 0.6 is 11.3 Å². The van der Waals surface area contributed by atoms with E-state index in [1.54, 1.807) is 11.3 Å². The lowest BCUT2D eigenvalue weighted by Gasteiger charge is -2.03. The van der Waals surface area contributed by atoms with Crippen molar-refractivity contribution in [3.05, 3.63) is 11.1 Å². The zero-order chi connectivity index (χ0) is 10.2. The lowest BCUT2D eigenvalue weighted by molar-refractivity contribution is 0.687. The lowest BCUT2D eigenvalue weighted by atomic mass is 10.4. The average molecular weight is 213 g/mol. The van der Waals surface area contributed by atoms with Crippen LogP contribution in [0.4, 0.5) is 5.13 Å². The molecule has 2 N–H and O–H groups in total. The molecule has 0 spiro atoms. The zero-order valence-electron chi connectivity index (χ0n) is 8.97. The summed E-state index contributed by atoms with van der Waals surface area (Å²) in [5, 5.41) is 9.80. The molecule has 0 bridgehead atoms. The number of hydrogen-bond donors (Lipinski definition) is 2. The van der Waals surface area contributed by atoms with Gasteiger partial charge in [0.1, 0.15) is 0 Å². The Morgan fingerprint density at radius 3 is 2.79 bits per heavy atom. The molecule has 4 heteroatoms. The summed E-state index contributed by atoms with van der Waals surface area (Å²) in [6, 6.07) is 0. The van der Waals surface area contributed by atoms with Crippen molar-refractivity contribution >= 4 is 16.5 Å². The molecular weight excluding hydrogens is 194 g/mol. The summed E-state index contributed by atoms with van der Waals surface area (Å²) < 4.78 is 0. The molecule has 0 aromatic carbocycles. The van der Waals surface area contributed by atoms with Crippen molar-refractivity contribution in [2.24, 2.45) is 0 Å². The molecule has 3 nitrogen and oxygen atoms in total. The van der Waals surface area contributed by atoms with Crippen LogP contribution in [0.2, 0.25) is 0 Å². The van der Waals surface area contributed by atoms with Crippen LogP contribution in [-0.4, -0.2) is 24.6 Å². The van der Waals surface area contributed by atoms with Gasteiger partial charge in [-0.2, -0.15) is 0 Å². The second kappa shape index (κ2) is 6.79. The Balaban J connectivity index is 2.12. The summed E-state index contributed by atoms with van der Waals surface area (Å²) in [7, 11) is 0. The summed E-state index contributed by atoms with van der Waals surface area (Å²) in [4.78, 5) is 4.43. The highest BCUT2D eigenvalue weighted by Gasteiger charge is 1.97. The summed E-state index contributed by atoms with van der Waals surface area (Å²) in [6.45, 7) is 7.36. The fourth-order valence-electron chi connectivity index (χ4n) is 1.11. The van der Waals surface area contributed by atoms with E-state index in [2.05, 4.69) is 34.8 Å². The quantitative estimate of drug-likeness (QED) is 0.681. The van der Waals surface area contributed by atoms with Crippen LogP contribution in [0.5, 0.6) is 0 Å². The molecule has 1 rings (SSSR count). The van der Waals surface area contributed by atoms with Crippen LogP contribution < -0.4 is 10.6 Å². The standard InChI is InChI=1S/C10H19N3S/c1-3-5-11-6-7-12-10-13-9(4-2)8-14-10/h8,11H,3-7H2,1-2H3,(H,12,13). The smallest absolute Gasteiger partial charge is 0.182 e. The Labute approximate surface area is 89.9 Å². The van der Waals surface area contributed by atoms with E-state index >= 15 is 0 Å². The topological polar surface area (TPSA) is 37.0 Å². The zero-order valence-corrected chi connectivity index (χ0v) is 9.78. The second-order valence-corrected chi connectivity index (χ2v) is 4.03. The molecule has 0 fully saturated rings. The van der Waals surface area contributed by atoms with Gasteiger partial charge in [-0.1, -0.05) is 13.8 Å².